The lowest BCUT2D eigenvalue weighted by atomic mass is 10.0. The SMILES string of the molecule is CCC(C(=O)O)C1CN=C(c2cc3cc(Oc4ccc(S(C)(=O)=O)cc4)cc(OC(C)C)c3[nH]2)S1. The third kappa shape index (κ3) is 5.65. The summed E-state index contributed by atoms with van der Waals surface area (Å²) in [5, 5.41) is 11.0. The Morgan fingerprint density at radius 3 is 2.51 bits per heavy atom. The summed E-state index contributed by atoms with van der Waals surface area (Å²) in [6.07, 6.45) is 1.65. The number of aliphatic carboxylic acids is 1. The van der Waals surface area contributed by atoms with Crippen LogP contribution in [-0.2, 0) is 14.6 Å². The van der Waals surface area contributed by atoms with Gasteiger partial charge < -0.3 is 19.6 Å². The number of aromatic amines is 1. The predicted molar refractivity (Wildman–Crippen MR) is 138 cm³/mol. The number of carboxylic acids is 1. The monoisotopic (exact) mass is 516 g/mol. The van der Waals surface area contributed by atoms with Gasteiger partial charge in [0.2, 0.25) is 0 Å². The van der Waals surface area contributed by atoms with Crippen LogP contribution in [0, 0.1) is 5.92 Å². The number of carbonyl (C=O) groups is 1. The van der Waals surface area contributed by atoms with E-state index in [0.29, 0.717) is 30.2 Å². The van der Waals surface area contributed by atoms with Crippen molar-refractivity contribution < 1.29 is 27.8 Å². The van der Waals surface area contributed by atoms with E-state index >= 15 is 0 Å². The molecule has 1 aliphatic heterocycles. The van der Waals surface area contributed by atoms with Gasteiger partial charge in [0.05, 0.1) is 34.7 Å². The zero-order valence-corrected chi connectivity index (χ0v) is 21.6. The minimum atomic E-state index is -3.29. The summed E-state index contributed by atoms with van der Waals surface area (Å²) in [6.45, 7) is 6.22. The Bertz CT molecular complexity index is 1380. The number of aromatic nitrogens is 1. The first-order valence-corrected chi connectivity index (χ1v) is 14.1. The molecule has 0 saturated heterocycles. The van der Waals surface area contributed by atoms with Gasteiger partial charge in [-0.1, -0.05) is 18.7 Å². The number of nitrogens with zero attached hydrogens (tertiary/aromatic N) is 1. The van der Waals surface area contributed by atoms with Crippen LogP contribution < -0.4 is 9.47 Å². The normalized spacial score (nSPS) is 16.9. The number of fused-ring (bicyclic) bond motifs is 1. The van der Waals surface area contributed by atoms with Crippen molar-refractivity contribution in [1.82, 2.24) is 4.98 Å². The molecular formula is C25H28N2O6S2. The molecule has 2 N–H and O–H groups in total. The average Bonchev–Trinajstić information content (AvgIpc) is 3.41. The molecule has 2 atom stereocenters. The molecule has 0 fully saturated rings. The second kappa shape index (κ2) is 9.94. The number of carboxylic acid groups (broad SMARTS) is 1. The summed E-state index contributed by atoms with van der Waals surface area (Å²) in [5.74, 6) is 0.419. The first-order chi connectivity index (χ1) is 16.5. The van der Waals surface area contributed by atoms with E-state index < -0.39 is 21.7 Å². The van der Waals surface area contributed by atoms with Gasteiger partial charge in [-0.3, -0.25) is 9.79 Å². The Labute approximate surface area is 208 Å². The van der Waals surface area contributed by atoms with E-state index in [1.165, 1.54) is 23.9 Å². The third-order valence-electron chi connectivity index (χ3n) is 5.63. The Morgan fingerprint density at radius 2 is 1.91 bits per heavy atom. The summed E-state index contributed by atoms with van der Waals surface area (Å²) in [7, 11) is -3.29. The van der Waals surface area contributed by atoms with Gasteiger partial charge in [-0.15, -0.1) is 0 Å². The van der Waals surface area contributed by atoms with E-state index in [1.807, 2.05) is 32.9 Å². The zero-order chi connectivity index (χ0) is 25.3. The summed E-state index contributed by atoms with van der Waals surface area (Å²) in [6, 6.07) is 11.9. The molecule has 2 heterocycles. The standard InChI is InChI=1S/C25H28N2O6S2/c1-5-19(25(28)29)22-13-26-24(34-22)20-11-15-10-17(12-21(23(15)27-20)32-14(2)3)33-16-6-8-18(9-7-16)35(4,30)31/h6-12,14,19,22,27H,5,13H2,1-4H3,(H,28,29). The molecule has 8 nitrogen and oxygen atoms in total. The number of H-pyrrole nitrogens is 1. The first-order valence-electron chi connectivity index (χ1n) is 11.3. The van der Waals surface area contributed by atoms with Crippen LogP contribution in [0.15, 0.2) is 52.4 Å². The van der Waals surface area contributed by atoms with Gasteiger partial charge in [-0.25, -0.2) is 8.42 Å². The van der Waals surface area contributed by atoms with Crippen molar-refractivity contribution in [3.63, 3.8) is 0 Å². The molecule has 0 radical (unpaired) electrons. The lowest BCUT2D eigenvalue weighted by molar-refractivity contribution is -0.141. The fraction of sp³-hybridized carbons (Fsp3) is 0.360. The lowest BCUT2D eigenvalue weighted by Gasteiger charge is -2.15. The van der Waals surface area contributed by atoms with Crippen molar-refractivity contribution >= 4 is 43.5 Å². The van der Waals surface area contributed by atoms with Gasteiger partial charge >= 0.3 is 5.97 Å². The molecule has 35 heavy (non-hydrogen) atoms. The molecule has 0 amide bonds. The highest BCUT2D eigenvalue weighted by molar-refractivity contribution is 8.15. The predicted octanol–water partition coefficient (Wildman–Crippen LogP) is 5.12. The van der Waals surface area contributed by atoms with Crippen molar-refractivity contribution in [3.05, 3.63) is 48.2 Å². The van der Waals surface area contributed by atoms with Gasteiger partial charge in [-0.05, 0) is 56.7 Å². The molecule has 2 unspecified atom stereocenters. The lowest BCUT2D eigenvalue weighted by Crippen LogP contribution is -2.26. The van der Waals surface area contributed by atoms with Crippen molar-refractivity contribution in [3.8, 4) is 17.2 Å². The minimum absolute atomic E-state index is 0.0716. The highest BCUT2D eigenvalue weighted by Crippen LogP contribution is 2.37. The first kappa shape index (κ1) is 25.1. The third-order valence-corrected chi connectivity index (χ3v) is 8.11. The van der Waals surface area contributed by atoms with E-state index in [9.17, 15) is 18.3 Å². The fourth-order valence-corrected chi connectivity index (χ4v) is 5.87. The number of aliphatic imine (C=N–C) groups is 1. The average molecular weight is 517 g/mol. The summed E-state index contributed by atoms with van der Waals surface area (Å²) in [4.78, 5) is 19.8. The topological polar surface area (TPSA) is 118 Å². The van der Waals surface area contributed by atoms with Gasteiger partial charge in [0.25, 0.3) is 0 Å². The number of hydrogen-bond acceptors (Lipinski definition) is 7. The van der Waals surface area contributed by atoms with E-state index in [1.54, 1.807) is 18.2 Å². The second-order valence-electron chi connectivity index (χ2n) is 8.74. The molecule has 3 aromatic rings. The maximum Gasteiger partial charge on any atom is 0.307 e. The fourth-order valence-electron chi connectivity index (χ4n) is 3.94. The van der Waals surface area contributed by atoms with Crippen molar-refractivity contribution in [2.24, 2.45) is 10.9 Å². The van der Waals surface area contributed by atoms with Crippen molar-refractivity contribution in [2.45, 2.75) is 43.4 Å². The Kier molecular flexibility index (Phi) is 7.14. The number of benzene rings is 2. The molecule has 0 spiro atoms. The number of thioether (sulfide) groups is 1. The minimum Gasteiger partial charge on any atom is -0.489 e. The summed E-state index contributed by atoms with van der Waals surface area (Å²) in [5.41, 5.74) is 1.60. The maximum atomic E-state index is 11.7. The van der Waals surface area contributed by atoms with Gasteiger partial charge in [0, 0.05) is 23.0 Å². The summed E-state index contributed by atoms with van der Waals surface area (Å²) >= 11 is 1.49. The van der Waals surface area contributed by atoms with Crippen molar-refractivity contribution in [2.75, 3.05) is 12.8 Å². The molecule has 1 aromatic heterocycles. The molecule has 0 saturated carbocycles. The van der Waals surface area contributed by atoms with Crippen LogP contribution in [0.1, 0.15) is 32.9 Å². The van der Waals surface area contributed by atoms with E-state index in [0.717, 1.165) is 27.9 Å². The number of rotatable bonds is 9. The number of sulfone groups is 1. The number of nitrogens with one attached hydrogen (secondary N) is 1. The smallest absolute Gasteiger partial charge is 0.307 e. The van der Waals surface area contributed by atoms with Crippen LogP contribution in [0.3, 0.4) is 0 Å². The quantitative estimate of drug-likeness (QED) is 0.405. The van der Waals surface area contributed by atoms with Gasteiger partial charge in [0.1, 0.15) is 22.3 Å². The molecule has 0 bridgehead atoms. The number of ether oxygens (including phenoxy) is 2. The second-order valence-corrected chi connectivity index (χ2v) is 12.0. The van der Waals surface area contributed by atoms with Gasteiger partial charge in [-0.2, -0.15) is 0 Å². The molecule has 4 rings (SSSR count). The molecule has 2 aromatic carbocycles. The zero-order valence-electron chi connectivity index (χ0n) is 19.9. The highest BCUT2D eigenvalue weighted by Gasteiger charge is 2.32. The maximum absolute atomic E-state index is 11.7. The Hall–Kier alpha value is -2.98. The van der Waals surface area contributed by atoms with Crippen LogP contribution in [-0.4, -0.2) is 53.7 Å². The Morgan fingerprint density at radius 1 is 1.20 bits per heavy atom. The van der Waals surface area contributed by atoms with Crippen LogP contribution in [0.25, 0.3) is 10.9 Å². The largest absolute Gasteiger partial charge is 0.489 e. The van der Waals surface area contributed by atoms with Crippen LogP contribution in [0.2, 0.25) is 0 Å². The molecule has 186 valence electrons. The van der Waals surface area contributed by atoms with E-state index in [-0.39, 0.29) is 16.2 Å². The molecule has 0 aliphatic carbocycles. The van der Waals surface area contributed by atoms with E-state index in [2.05, 4.69) is 9.98 Å². The van der Waals surface area contributed by atoms with Crippen LogP contribution >= 0.6 is 11.8 Å². The van der Waals surface area contributed by atoms with Crippen molar-refractivity contribution in [1.29, 1.82) is 0 Å². The summed E-state index contributed by atoms with van der Waals surface area (Å²) < 4.78 is 35.5. The molecule has 10 heteroatoms. The Balaban J connectivity index is 1.64. The van der Waals surface area contributed by atoms with E-state index in [4.69, 9.17) is 9.47 Å². The molecule has 1 aliphatic rings. The highest BCUT2D eigenvalue weighted by atomic mass is 32.2. The molecular weight excluding hydrogens is 488 g/mol. The van der Waals surface area contributed by atoms with Gasteiger partial charge in [0.15, 0.2) is 9.84 Å². The van der Waals surface area contributed by atoms with Crippen LogP contribution in [0.4, 0.5) is 0 Å². The number of hydrogen-bond donors (Lipinski definition) is 2. The van der Waals surface area contributed by atoms with Crippen LogP contribution in [0.5, 0.6) is 17.2 Å².